The smallest absolute Gasteiger partial charge is 0.315 e. The topological polar surface area (TPSA) is 87.7 Å². The van der Waals surface area contributed by atoms with Gasteiger partial charge in [-0.05, 0) is 31.2 Å². The van der Waals surface area contributed by atoms with E-state index in [1.807, 2.05) is 30.3 Å². The van der Waals surface area contributed by atoms with Crippen LogP contribution in [-0.4, -0.2) is 42.4 Å². The average molecular weight is 320 g/mol. The molecule has 0 radical (unpaired) electrons. The molecule has 1 fully saturated rings. The first-order chi connectivity index (χ1) is 11.1. The maximum Gasteiger partial charge on any atom is 0.315 e. The number of rotatable bonds is 7. The second-order valence-corrected chi connectivity index (χ2v) is 5.85. The molecule has 2 amide bonds. The number of carboxylic acids is 1. The summed E-state index contributed by atoms with van der Waals surface area (Å²) in [4.78, 5) is 22.9. The van der Waals surface area contributed by atoms with Crippen LogP contribution in [0.1, 0.15) is 31.2 Å². The highest BCUT2D eigenvalue weighted by Crippen LogP contribution is 2.09. The molecule has 0 bridgehead atoms. The van der Waals surface area contributed by atoms with E-state index in [4.69, 9.17) is 9.84 Å². The quantitative estimate of drug-likeness (QED) is 0.716. The number of hydrogen-bond acceptors (Lipinski definition) is 3. The lowest BCUT2D eigenvalue weighted by Gasteiger charge is -2.25. The van der Waals surface area contributed by atoms with Gasteiger partial charge in [0.2, 0.25) is 0 Å². The minimum absolute atomic E-state index is 0.0283. The van der Waals surface area contributed by atoms with Gasteiger partial charge in [-0.3, -0.25) is 4.79 Å². The van der Waals surface area contributed by atoms with Gasteiger partial charge in [-0.15, -0.1) is 0 Å². The van der Waals surface area contributed by atoms with Gasteiger partial charge in [-0.2, -0.15) is 0 Å². The minimum atomic E-state index is -0.856. The fourth-order valence-corrected chi connectivity index (χ4v) is 2.69. The third kappa shape index (κ3) is 6.69. The van der Waals surface area contributed by atoms with E-state index in [1.54, 1.807) is 0 Å². The summed E-state index contributed by atoms with van der Waals surface area (Å²) in [6.45, 7) is 1.28. The zero-order valence-corrected chi connectivity index (χ0v) is 13.2. The van der Waals surface area contributed by atoms with Gasteiger partial charge in [-0.1, -0.05) is 30.3 Å². The van der Waals surface area contributed by atoms with Gasteiger partial charge in [0.15, 0.2) is 0 Å². The normalized spacial score (nSPS) is 18.9. The Morgan fingerprint density at radius 2 is 2.09 bits per heavy atom. The van der Waals surface area contributed by atoms with Gasteiger partial charge in [0.1, 0.15) is 0 Å². The van der Waals surface area contributed by atoms with Crippen molar-refractivity contribution in [2.24, 2.45) is 0 Å². The summed E-state index contributed by atoms with van der Waals surface area (Å²) in [6.07, 6.45) is 2.90. The van der Waals surface area contributed by atoms with Crippen LogP contribution < -0.4 is 10.6 Å². The molecule has 23 heavy (non-hydrogen) atoms. The van der Waals surface area contributed by atoms with Crippen LogP contribution in [0.25, 0.3) is 0 Å². The molecule has 2 atom stereocenters. The van der Waals surface area contributed by atoms with Gasteiger partial charge < -0.3 is 20.5 Å². The molecule has 1 aromatic carbocycles. The molecule has 1 aliphatic rings. The third-order valence-electron chi connectivity index (χ3n) is 3.86. The number of carboxylic acid groups (broad SMARTS) is 1. The first-order valence-electron chi connectivity index (χ1n) is 8.04. The molecule has 126 valence electrons. The molecule has 0 spiro atoms. The fraction of sp³-hybridized carbons (Fsp3) is 0.529. The summed E-state index contributed by atoms with van der Waals surface area (Å²) in [5.74, 6) is -0.856. The van der Waals surface area contributed by atoms with Crippen molar-refractivity contribution in [1.29, 1.82) is 0 Å². The van der Waals surface area contributed by atoms with Crippen LogP contribution in [0.2, 0.25) is 0 Å². The predicted molar refractivity (Wildman–Crippen MR) is 86.3 cm³/mol. The van der Waals surface area contributed by atoms with E-state index in [9.17, 15) is 9.59 Å². The van der Waals surface area contributed by atoms with Crippen molar-refractivity contribution >= 4 is 12.0 Å². The van der Waals surface area contributed by atoms with E-state index >= 15 is 0 Å². The highest BCUT2D eigenvalue weighted by Gasteiger charge is 2.19. The molecule has 2 rings (SSSR count). The lowest BCUT2D eigenvalue weighted by atomic mass is 10.0. The van der Waals surface area contributed by atoms with Crippen LogP contribution in [-0.2, 0) is 16.0 Å². The van der Waals surface area contributed by atoms with Gasteiger partial charge in [0.05, 0.1) is 12.6 Å². The maximum atomic E-state index is 12.1. The highest BCUT2D eigenvalue weighted by atomic mass is 16.5. The lowest BCUT2D eigenvalue weighted by molar-refractivity contribution is -0.137. The molecule has 3 N–H and O–H groups in total. The van der Waals surface area contributed by atoms with E-state index < -0.39 is 5.97 Å². The Labute approximate surface area is 136 Å². The molecular formula is C17H24N2O4. The number of benzene rings is 1. The van der Waals surface area contributed by atoms with Crippen LogP contribution in [0.5, 0.6) is 0 Å². The Balaban J connectivity index is 1.87. The summed E-state index contributed by atoms with van der Waals surface area (Å²) >= 11 is 0. The molecule has 0 aliphatic carbocycles. The second-order valence-electron chi connectivity index (χ2n) is 5.85. The van der Waals surface area contributed by atoms with Crippen molar-refractivity contribution < 1.29 is 19.4 Å². The molecule has 1 aromatic rings. The summed E-state index contributed by atoms with van der Waals surface area (Å²) in [5.41, 5.74) is 1.07. The first kappa shape index (κ1) is 17.3. The Hall–Kier alpha value is -2.08. The number of aliphatic carboxylic acids is 1. The standard InChI is InChI=1S/C17H24N2O4/c20-16(21)9-8-14(11-13-5-2-1-3-6-13)18-17(22)19-15-7-4-10-23-12-15/h1-3,5-6,14-15H,4,7-12H2,(H,20,21)(H2,18,19,22). The Morgan fingerprint density at radius 1 is 1.30 bits per heavy atom. The number of urea groups is 1. The summed E-state index contributed by atoms with van der Waals surface area (Å²) < 4.78 is 5.34. The Kier molecular flexibility index (Phi) is 6.87. The number of amides is 2. The van der Waals surface area contributed by atoms with E-state index in [2.05, 4.69) is 10.6 Å². The molecule has 2 unspecified atom stereocenters. The zero-order valence-electron chi connectivity index (χ0n) is 13.2. The van der Waals surface area contributed by atoms with Crippen LogP contribution >= 0.6 is 0 Å². The summed E-state index contributed by atoms with van der Waals surface area (Å²) in [7, 11) is 0. The maximum absolute atomic E-state index is 12.1. The molecule has 6 nitrogen and oxygen atoms in total. The van der Waals surface area contributed by atoms with Crippen LogP contribution in [0, 0.1) is 0 Å². The van der Waals surface area contributed by atoms with Crippen molar-refractivity contribution in [2.45, 2.75) is 44.2 Å². The van der Waals surface area contributed by atoms with Crippen molar-refractivity contribution in [3.8, 4) is 0 Å². The molecule has 0 aromatic heterocycles. The monoisotopic (exact) mass is 320 g/mol. The van der Waals surface area contributed by atoms with E-state index in [-0.39, 0.29) is 24.5 Å². The van der Waals surface area contributed by atoms with Gasteiger partial charge in [0, 0.05) is 19.1 Å². The third-order valence-corrected chi connectivity index (χ3v) is 3.86. The van der Waals surface area contributed by atoms with E-state index in [1.165, 1.54) is 0 Å². The van der Waals surface area contributed by atoms with Crippen molar-refractivity contribution in [2.75, 3.05) is 13.2 Å². The van der Waals surface area contributed by atoms with Crippen molar-refractivity contribution in [1.82, 2.24) is 10.6 Å². The molecule has 1 saturated heterocycles. The summed E-state index contributed by atoms with van der Waals surface area (Å²) in [6, 6.07) is 9.31. The highest BCUT2D eigenvalue weighted by molar-refractivity contribution is 5.74. The number of hydrogen-bond donors (Lipinski definition) is 3. The SMILES string of the molecule is O=C(O)CCC(Cc1ccccc1)NC(=O)NC1CCCOC1. The minimum Gasteiger partial charge on any atom is -0.481 e. The molecule has 0 saturated carbocycles. The predicted octanol–water partition coefficient (Wildman–Crippen LogP) is 1.94. The van der Waals surface area contributed by atoms with Gasteiger partial charge in [0.25, 0.3) is 0 Å². The molecule has 1 heterocycles. The van der Waals surface area contributed by atoms with Crippen molar-refractivity contribution in [3.63, 3.8) is 0 Å². The first-order valence-corrected chi connectivity index (χ1v) is 8.04. The van der Waals surface area contributed by atoms with Crippen LogP contribution in [0.4, 0.5) is 4.79 Å². The van der Waals surface area contributed by atoms with E-state index in [0.29, 0.717) is 19.4 Å². The fourth-order valence-electron chi connectivity index (χ4n) is 2.69. The molecule has 6 heteroatoms. The molecular weight excluding hydrogens is 296 g/mol. The molecule has 1 aliphatic heterocycles. The number of carbonyl (C=O) groups is 2. The second kappa shape index (κ2) is 9.15. The number of ether oxygens (including phenoxy) is 1. The van der Waals surface area contributed by atoms with E-state index in [0.717, 1.165) is 25.0 Å². The Bertz CT molecular complexity index is 501. The number of carbonyl (C=O) groups excluding carboxylic acids is 1. The average Bonchev–Trinajstić information content (AvgIpc) is 2.54. The zero-order chi connectivity index (χ0) is 16.5. The largest absolute Gasteiger partial charge is 0.481 e. The lowest BCUT2D eigenvalue weighted by Crippen LogP contribution is -2.49. The summed E-state index contributed by atoms with van der Waals surface area (Å²) in [5, 5.41) is 14.7. The van der Waals surface area contributed by atoms with Crippen LogP contribution in [0.15, 0.2) is 30.3 Å². The van der Waals surface area contributed by atoms with Crippen LogP contribution in [0.3, 0.4) is 0 Å². The van der Waals surface area contributed by atoms with Gasteiger partial charge in [-0.25, -0.2) is 4.79 Å². The Morgan fingerprint density at radius 3 is 2.74 bits per heavy atom. The van der Waals surface area contributed by atoms with Crippen molar-refractivity contribution in [3.05, 3.63) is 35.9 Å². The number of nitrogens with one attached hydrogen (secondary N) is 2. The van der Waals surface area contributed by atoms with Gasteiger partial charge >= 0.3 is 12.0 Å².